The van der Waals surface area contributed by atoms with Crippen LogP contribution in [0, 0.1) is 0 Å². The van der Waals surface area contributed by atoms with Crippen LogP contribution < -0.4 is 9.80 Å². The fourth-order valence-corrected chi connectivity index (χ4v) is 10.5. The largest absolute Gasteiger partial charge is 0.311 e. The summed E-state index contributed by atoms with van der Waals surface area (Å²) in [4.78, 5) is 4.78. The van der Waals surface area contributed by atoms with Crippen LogP contribution in [0.3, 0.4) is 0 Å². The normalized spacial score (nSPS) is 12.3. The monoisotopic (exact) mass is 882 g/mol. The second kappa shape index (κ2) is 17.5. The van der Waals surface area contributed by atoms with Crippen molar-refractivity contribution in [3.8, 4) is 55.6 Å². The van der Waals surface area contributed by atoms with E-state index in [1.54, 1.807) is 0 Å². The molecule has 1 aliphatic carbocycles. The topological polar surface area (TPSA) is 6.48 Å². The van der Waals surface area contributed by atoms with E-state index in [0.29, 0.717) is 0 Å². The van der Waals surface area contributed by atoms with Crippen molar-refractivity contribution < 1.29 is 0 Å². The highest BCUT2D eigenvalue weighted by Gasteiger charge is 2.36. The number of hydrogen-bond acceptors (Lipinski definition) is 2. The minimum atomic E-state index is -0.109. The number of anilines is 6. The van der Waals surface area contributed by atoms with Gasteiger partial charge >= 0.3 is 0 Å². The van der Waals surface area contributed by atoms with Crippen LogP contribution in [0.15, 0.2) is 267 Å². The summed E-state index contributed by atoms with van der Waals surface area (Å²) in [5.41, 5.74) is 21.5. The quantitative estimate of drug-likeness (QED) is 0.135. The Labute approximate surface area is 405 Å². The van der Waals surface area contributed by atoms with E-state index in [1.165, 1.54) is 66.4 Å². The summed E-state index contributed by atoms with van der Waals surface area (Å²) in [6, 6.07) is 97.2. The van der Waals surface area contributed by atoms with Gasteiger partial charge in [0.2, 0.25) is 0 Å². The minimum Gasteiger partial charge on any atom is -0.311 e. The van der Waals surface area contributed by atoms with Crippen LogP contribution in [0.4, 0.5) is 34.1 Å². The molecule has 11 aromatic rings. The molecule has 0 fully saturated rings. The van der Waals surface area contributed by atoms with Crippen LogP contribution in [-0.2, 0) is 5.41 Å². The second-order valence-corrected chi connectivity index (χ2v) is 18.6. The molecule has 0 unspecified atom stereocenters. The SMILES string of the molecule is CC1(C)c2ccccc2-c2ccc(N(c3ccc(-c4ccc(N(c5ccc(-c6ccccc6)cc5)c5ccc(-c6cccc(-c7ccccc7)c6)cc5)cc4)cc3)c3cccc4ccccc34)cc21. The average molecular weight is 883 g/mol. The third-order valence-electron chi connectivity index (χ3n) is 14.1. The molecule has 0 radical (unpaired) electrons. The Bertz CT molecular complexity index is 3590. The number of nitrogens with zero attached hydrogens (tertiary/aromatic N) is 2. The smallest absolute Gasteiger partial charge is 0.0540 e. The van der Waals surface area contributed by atoms with Gasteiger partial charge in [0.15, 0.2) is 0 Å². The molecular weight excluding hydrogens is 833 g/mol. The van der Waals surface area contributed by atoms with Crippen molar-refractivity contribution in [2.45, 2.75) is 19.3 Å². The summed E-state index contributed by atoms with van der Waals surface area (Å²) in [6.07, 6.45) is 0. The van der Waals surface area contributed by atoms with E-state index in [9.17, 15) is 0 Å². The van der Waals surface area contributed by atoms with Crippen molar-refractivity contribution >= 4 is 44.9 Å². The number of benzene rings is 11. The summed E-state index contributed by atoms with van der Waals surface area (Å²) in [5.74, 6) is 0. The first-order valence-electron chi connectivity index (χ1n) is 23.9. The maximum absolute atomic E-state index is 2.43. The van der Waals surface area contributed by atoms with Gasteiger partial charge in [0.1, 0.15) is 0 Å². The Hall–Kier alpha value is -8.72. The van der Waals surface area contributed by atoms with Crippen molar-refractivity contribution in [2.24, 2.45) is 0 Å². The molecule has 0 spiro atoms. The van der Waals surface area contributed by atoms with Gasteiger partial charge in [-0.15, -0.1) is 0 Å². The maximum Gasteiger partial charge on any atom is 0.0540 e. The van der Waals surface area contributed by atoms with Crippen molar-refractivity contribution in [3.05, 3.63) is 278 Å². The summed E-state index contributed by atoms with van der Waals surface area (Å²) >= 11 is 0. The van der Waals surface area contributed by atoms with E-state index < -0.39 is 0 Å². The minimum absolute atomic E-state index is 0.109. The highest BCUT2D eigenvalue weighted by Crippen LogP contribution is 2.51. The maximum atomic E-state index is 2.43. The molecule has 1 aliphatic rings. The lowest BCUT2D eigenvalue weighted by Crippen LogP contribution is -2.16. The molecule has 0 N–H and O–H groups in total. The molecule has 0 saturated carbocycles. The van der Waals surface area contributed by atoms with Crippen LogP contribution in [0.5, 0.6) is 0 Å². The molecule has 328 valence electrons. The van der Waals surface area contributed by atoms with Crippen molar-refractivity contribution in [1.82, 2.24) is 0 Å². The predicted octanol–water partition coefficient (Wildman–Crippen LogP) is 18.8. The number of fused-ring (bicyclic) bond motifs is 4. The Morgan fingerprint density at radius 3 is 1.23 bits per heavy atom. The zero-order valence-corrected chi connectivity index (χ0v) is 38.8. The van der Waals surface area contributed by atoms with Gasteiger partial charge in [0.05, 0.1) is 5.69 Å². The van der Waals surface area contributed by atoms with Gasteiger partial charge in [-0.25, -0.2) is 0 Å². The first kappa shape index (κ1) is 41.7. The first-order chi connectivity index (χ1) is 34.0. The Balaban J connectivity index is 0.885. The highest BCUT2D eigenvalue weighted by atomic mass is 15.1. The average Bonchev–Trinajstić information content (AvgIpc) is 3.65. The van der Waals surface area contributed by atoms with Crippen LogP contribution in [0.25, 0.3) is 66.4 Å². The van der Waals surface area contributed by atoms with E-state index in [2.05, 4.69) is 291 Å². The van der Waals surface area contributed by atoms with Crippen molar-refractivity contribution in [3.63, 3.8) is 0 Å². The zero-order valence-electron chi connectivity index (χ0n) is 38.8. The van der Waals surface area contributed by atoms with Crippen LogP contribution in [0.2, 0.25) is 0 Å². The van der Waals surface area contributed by atoms with E-state index in [4.69, 9.17) is 0 Å². The Morgan fingerprint density at radius 2 is 0.652 bits per heavy atom. The summed E-state index contributed by atoms with van der Waals surface area (Å²) in [5, 5.41) is 2.44. The molecule has 0 amide bonds. The molecular formula is C67H50N2. The van der Waals surface area contributed by atoms with E-state index in [0.717, 1.165) is 45.3 Å². The molecule has 0 bridgehead atoms. The zero-order chi connectivity index (χ0) is 46.3. The molecule has 0 aliphatic heterocycles. The van der Waals surface area contributed by atoms with Crippen molar-refractivity contribution in [1.29, 1.82) is 0 Å². The van der Waals surface area contributed by atoms with Crippen LogP contribution in [0.1, 0.15) is 25.0 Å². The van der Waals surface area contributed by atoms with E-state index in [-0.39, 0.29) is 5.41 Å². The third-order valence-corrected chi connectivity index (χ3v) is 14.1. The first-order valence-corrected chi connectivity index (χ1v) is 23.9. The molecule has 11 aromatic carbocycles. The number of rotatable bonds is 10. The molecule has 69 heavy (non-hydrogen) atoms. The summed E-state index contributed by atoms with van der Waals surface area (Å²) < 4.78 is 0. The highest BCUT2D eigenvalue weighted by molar-refractivity contribution is 5.99. The van der Waals surface area contributed by atoms with E-state index >= 15 is 0 Å². The summed E-state index contributed by atoms with van der Waals surface area (Å²) in [7, 11) is 0. The van der Waals surface area contributed by atoms with Gasteiger partial charge in [0, 0.05) is 39.2 Å². The lowest BCUT2D eigenvalue weighted by atomic mass is 9.82. The fourth-order valence-electron chi connectivity index (χ4n) is 10.5. The van der Waals surface area contributed by atoms with Crippen LogP contribution in [-0.4, -0.2) is 0 Å². The molecule has 0 aromatic heterocycles. The van der Waals surface area contributed by atoms with Gasteiger partial charge in [-0.05, 0) is 145 Å². The lowest BCUT2D eigenvalue weighted by Gasteiger charge is -2.29. The Kier molecular flexibility index (Phi) is 10.6. The molecule has 0 atom stereocenters. The van der Waals surface area contributed by atoms with Gasteiger partial charge in [0.25, 0.3) is 0 Å². The number of hydrogen-bond donors (Lipinski definition) is 0. The standard InChI is InChI=1S/C67H50N2/c1-67(2)64-25-12-11-24-62(64)63-44-43-60(46-65(63)67)69(66-26-14-20-53-19-9-10-23-61(53)66)59-41-31-51(32-42-59)50-29-37-57(38-30-50)68(56-35-27-49(28-36-56)47-15-5-3-6-16-47)58-39-33-52(34-40-58)55-22-13-21-54(45-55)48-17-7-4-8-18-48/h3-46H,1-2H3. The molecule has 0 saturated heterocycles. The second-order valence-electron chi connectivity index (χ2n) is 18.6. The van der Waals surface area contributed by atoms with Gasteiger partial charge in [-0.3, -0.25) is 0 Å². The van der Waals surface area contributed by atoms with Crippen molar-refractivity contribution in [2.75, 3.05) is 9.80 Å². The lowest BCUT2D eigenvalue weighted by molar-refractivity contribution is 0.660. The third kappa shape index (κ3) is 7.76. The summed E-state index contributed by atoms with van der Waals surface area (Å²) in [6.45, 7) is 4.71. The molecule has 12 rings (SSSR count). The molecule has 2 nitrogen and oxygen atoms in total. The molecule has 0 heterocycles. The predicted molar refractivity (Wildman–Crippen MR) is 293 cm³/mol. The van der Waals surface area contributed by atoms with Gasteiger partial charge in [-0.1, -0.05) is 208 Å². The van der Waals surface area contributed by atoms with Crippen LogP contribution >= 0.6 is 0 Å². The van der Waals surface area contributed by atoms with Gasteiger partial charge < -0.3 is 9.80 Å². The Morgan fingerprint density at radius 1 is 0.261 bits per heavy atom. The van der Waals surface area contributed by atoms with E-state index in [1.807, 2.05) is 0 Å². The fraction of sp³-hybridized carbons (Fsp3) is 0.0448. The molecule has 2 heteroatoms. The van der Waals surface area contributed by atoms with Gasteiger partial charge in [-0.2, -0.15) is 0 Å².